The summed E-state index contributed by atoms with van der Waals surface area (Å²) < 4.78 is 11.1. The number of hydrogen-bond donors (Lipinski definition) is 1. The third kappa shape index (κ3) is 3.70. The van der Waals surface area contributed by atoms with Crippen LogP contribution in [0.1, 0.15) is 49.5 Å². The van der Waals surface area contributed by atoms with Gasteiger partial charge in [-0.2, -0.15) is 0 Å². The fourth-order valence-electron chi connectivity index (χ4n) is 3.43. The SMILES string of the molecule is CC1CN(CCCNc2nccc3c2C(=O)OC3(C)C)CCCO1. The molecule has 0 radical (unpaired) electrons. The number of nitrogens with one attached hydrogen (secondary N) is 1. The first-order chi connectivity index (χ1) is 11.5. The van der Waals surface area contributed by atoms with Crippen LogP contribution in [0.25, 0.3) is 0 Å². The molecule has 2 aliphatic rings. The number of carbonyl (C=O) groups excluding carboxylic acids is 1. The summed E-state index contributed by atoms with van der Waals surface area (Å²) in [6, 6.07) is 1.87. The average Bonchev–Trinajstić information content (AvgIpc) is 2.67. The molecule has 0 aliphatic carbocycles. The Kier molecular flexibility index (Phi) is 5.06. The van der Waals surface area contributed by atoms with Crippen LogP contribution < -0.4 is 5.32 Å². The van der Waals surface area contributed by atoms with Gasteiger partial charge in [0.2, 0.25) is 0 Å². The fourth-order valence-corrected chi connectivity index (χ4v) is 3.43. The maximum atomic E-state index is 12.1. The average molecular weight is 333 g/mol. The summed E-state index contributed by atoms with van der Waals surface area (Å²) in [5, 5.41) is 3.31. The lowest BCUT2D eigenvalue weighted by atomic mass is 9.97. The minimum atomic E-state index is -0.575. The van der Waals surface area contributed by atoms with Crippen LogP contribution in [0.2, 0.25) is 0 Å². The molecule has 0 spiro atoms. The number of cyclic esters (lactones) is 1. The molecule has 3 rings (SSSR count). The molecule has 1 unspecified atom stereocenters. The Morgan fingerprint density at radius 2 is 2.29 bits per heavy atom. The second-order valence-corrected chi connectivity index (χ2v) is 7.10. The van der Waals surface area contributed by atoms with Gasteiger partial charge >= 0.3 is 5.97 Å². The number of anilines is 1. The highest BCUT2D eigenvalue weighted by molar-refractivity contribution is 5.99. The van der Waals surface area contributed by atoms with Crippen molar-refractivity contribution in [1.29, 1.82) is 0 Å². The van der Waals surface area contributed by atoms with Crippen molar-refractivity contribution in [2.45, 2.75) is 45.3 Å². The van der Waals surface area contributed by atoms with Gasteiger partial charge in [0, 0.05) is 38.0 Å². The van der Waals surface area contributed by atoms with Gasteiger partial charge in [0.1, 0.15) is 17.0 Å². The second-order valence-electron chi connectivity index (χ2n) is 7.10. The molecule has 3 heterocycles. The van der Waals surface area contributed by atoms with Crippen LogP contribution in [0.3, 0.4) is 0 Å². The van der Waals surface area contributed by atoms with Gasteiger partial charge in [-0.1, -0.05) is 0 Å². The number of nitrogens with zero attached hydrogens (tertiary/aromatic N) is 2. The summed E-state index contributed by atoms with van der Waals surface area (Å²) >= 11 is 0. The molecule has 1 aromatic heterocycles. The van der Waals surface area contributed by atoms with Crippen molar-refractivity contribution in [3.63, 3.8) is 0 Å². The number of rotatable bonds is 5. The van der Waals surface area contributed by atoms with Gasteiger partial charge in [-0.25, -0.2) is 9.78 Å². The molecule has 0 amide bonds. The predicted molar refractivity (Wildman–Crippen MR) is 92.3 cm³/mol. The molecular weight excluding hydrogens is 306 g/mol. The van der Waals surface area contributed by atoms with Gasteiger partial charge in [-0.05, 0) is 46.2 Å². The van der Waals surface area contributed by atoms with Crippen LogP contribution in [0.15, 0.2) is 12.3 Å². The molecule has 24 heavy (non-hydrogen) atoms. The van der Waals surface area contributed by atoms with Gasteiger partial charge < -0.3 is 19.7 Å². The summed E-state index contributed by atoms with van der Waals surface area (Å²) in [5.41, 5.74) is 0.913. The maximum absolute atomic E-state index is 12.1. The normalized spacial score (nSPS) is 23.5. The van der Waals surface area contributed by atoms with Crippen LogP contribution in [0.4, 0.5) is 5.82 Å². The Bertz CT molecular complexity index is 603. The van der Waals surface area contributed by atoms with E-state index in [1.54, 1.807) is 6.20 Å². The standard InChI is InChI=1S/C18H27N3O3/c1-13-12-21(10-5-11-23-13)9-4-7-19-16-15-14(6-8-20-16)18(2,3)24-17(15)22/h6,8,13H,4-5,7,9-12H2,1-3H3,(H,19,20). The zero-order valence-electron chi connectivity index (χ0n) is 14.8. The molecule has 0 bridgehead atoms. The van der Waals surface area contributed by atoms with E-state index in [2.05, 4.69) is 22.1 Å². The molecule has 132 valence electrons. The summed E-state index contributed by atoms with van der Waals surface area (Å²) in [4.78, 5) is 18.9. The minimum absolute atomic E-state index is 0.288. The highest BCUT2D eigenvalue weighted by atomic mass is 16.6. The van der Waals surface area contributed by atoms with E-state index < -0.39 is 5.60 Å². The zero-order valence-corrected chi connectivity index (χ0v) is 14.8. The van der Waals surface area contributed by atoms with Gasteiger partial charge in [-0.3, -0.25) is 0 Å². The first kappa shape index (κ1) is 17.2. The van der Waals surface area contributed by atoms with E-state index in [0.29, 0.717) is 17.5 Å². The van der Waals surface area contributed by atoms with E-state index >= 15 is 0 Å². The summed E-state index contributed by atoms with van der Waals surface area (Å²) in [6.07, 6.45) is 4.12. The van der Waals surface area contributed by atoms with Crippen molar-refractivity contribution >= 4 is 11.8 Å². The molecule has 1 fully saturated rings. The highest BCUT2D eigenvalue weighted by Crippen LogP contribution is 2.38. The Morgan fingerprint density at radius 1 is 1.46 bits per heavy atom. The number of carbonyl (C=O) groups is 1. The lowest BCUT2D eigenvalue weighted by Gasteiger charge is -2.21. The third-order valence-corrected chi connectivity index (χ3v) is 4.63. The van der Waals surface area contributed by atoms with Gasteiger partial charge in [0.15, 0.2) is 0 Å². The Balaban J connectivity index is 1.55. The maximum Gasteiger partial charge on any atom is 0.343 e. The van der Waals surface area contributed by atoms with Crippen LogP contribution in [-0.2, 0) is 15.1 Å². The molecule has 1 atom stereocenters. The predicted octanol–water partition coefficient (Wildman–Crippen LogP) is 2.40. The molecule has 6 heteroatoms. The topological polar surface area (TPSA) is 63.7 Å². The van der Waals surface area contributed by atoms with Crippen molar-refractivity contribution < 1.29 is 14.3 Å². The Hall–Kier alpha value is -1.66. The number of ether oxygens (including phenoxy) is 2. The van der Waals surface area contributed by atoms with Gasteiger partial charge in [0.05, 0.1) is 6.10 Å². The number of pyridine rings is 1. The van der Waals surface area contributed by atoms with Crippen LogP contribution in [0.5, 0.6) is 0 Å². The third-order valence-electron chi connectivity index (χ3n) is 4.63. The zero-order chi connectivity index (χ0) is 17.2. The van der Waals surface area contributed by atoms with Crippen molar-refractivity contribution in [2.75, 3.05) is 38.1 Å². The van der Waals surface area contributed by atoms with E-state index in [0.717, 1.165) is 51.2 Å². The largest absolute Gasteiger partial charge is 0.451 e. The number of fused-ring (bicyclic) bond motifs is 1. The number of esters is 1. The van der Waals surface area contributed by atoms with E-state index in [1.165, 1.54) is 0 Å². The van der Waals surface area contributed by atoms with Crippen molar-refractivity contribution in [1.82, 2.24) is 9.88 Å². The fraction of sp³-hybridized carbons (Fsp3) is 0.667. The smallest absolute Gasteiger partial charge is 0.343 e. The molecule has 6 nitrogen and oxygen atoms in total. The van der Waals surface area contributed by atoms with E-state index in [-0.39, 0.29) is 5.97 Å². The molecular formula is C18H27N3O3. The lowest BCUT2D eigenvalue weighted by molar-refractivity contribution is 0.00957. The van der Waals surface area contributed by atoms with Crippen molar-refractivity contribution in [3.05, 3.63) is 23.4 Å². The molecule has 1 N–H and O–H groups in total. The quantitative estimate of drug-likeness (QED) is 0.659. The molecule has 0 aromatic carbocycles. The van der Waals surface area contributed by atoms with Gasteiger partial charge in [-0.15, -0.1) is 0 Å². The van der Waals surface area contributed by atoms with Crippen molar-refractivity contribution in [3.8, 4) is 0 Å². The number of hydrogen-bond acceptors (Lipinski definition) is 6. The first-order valence-corrected chi connectivity index (χ1v) is 8.78. The first-order valence-electron chi connectivity index (χ1n) is 8.78. The van der Waals surface area contributed by atoms with Crippen LogP contribution in [0, 0.1) is 0 Å². The summed E-state index contributed by atoms with van der Waals surface area (Å²) in [5.74, 6) is 0.347. The Morgan fingerprint density at radius 3 is 3.12 bits per heavy atom. The van der Waals surface area contributed by atoms with E-state index in [1.807, 2.05) is 19.9 Å². The Labute approximate surface area is 143 Å². The summed E-state index contributed by atoms with van der Waals surface area (Å²) in [7, 11) is 0. The van der Waals surface area contributed by atoms with Crippen LogP contribution in [-0.4, -0.2) is 54.7 Å². The molecule has 0 saturated carbocycles. The highest BCUT2D eigenvalue weighted by Gasteiger charge is 2.39. The number of aromatic nitrogens is 1. The van der Waals surface area contributed by atoms with Crippen molar-refractivity contribution in [2.24, 2.45) is 0 Å². The molecule has 2 aliphatic heterocycles. The molecule has 1 aromatic rings. The van der Waals surface area contributed by atoms with E-state index in [4.69, 9.17) is 9.47 Å². The second kappa shape index (κ2) is 7.07. The monoisotopic (exact) mass is 333 g/mol. The molecule has 1 saturated heterocycles. The van der Waals surface area contributed by atoms with Gasteiger partial charge in [0.25, 0.3) is 0 Å². The van der Waals surface area contributed by atoms with E-state index in [9.17, 15) is 4.79 Å². The summed E-state index contributed by atoms with van der Waals surface area (Å²) in [6.45, 7) is 10.7. The lowest BCUT2D eigenvalue weighted by Crippen LogP contribution is -2.32. The van der Waals surface area contributed by atoms with Crippen LogP contribution >= 0.6 is 0 Å². The minimum Gasteiger partial charge on any atom is -0.451 e.